The molecular weight excluding hydrogens is 212 g/mol. The van der Waals surface area contributed by atoms with Gasteiger partial charge in [0.2, 0.25) is 0 Å². The van der Waals surface area contributed by atoms with Crippen LogP contribution in [0.3, 0.4) is 0 Å². The van der Waals surface area contributed by atoms with Crippen molar-refractivity contribution in [3.05, 3.63) is 23.0 Å². The number of hydrogen-bond acceptors (Lipinski definition) is 4. The molecule has 0 aliphatic heterocycles. The van der Waals surface area contributed by atoms with Crippen LogP contribution >= 0.6 is 0 Å². The van der Waals surface area contributed by atoms with Crippen molar-refractivity contribution in [3.8, 4) is 6.07 Å². The van der Waals surface area contributed by atoms with Gasteiger partial charge in [0, 0.05) is 12.2 Å². The Kier molecular flexibility index (Phi) is 4.92. The lowest BCUT2D eigenvalue weighted by atomic mass is 10.1. The molecule has 0 unspecified atom stereocenters. The van der Waals surface area contributed by atoms with Gasteiger partial charge in [0.15, 0.2) is 0 Å². The first-order valence-electron chi connectivity index (χ1n) is 5.81. The molecule has 0 atom stereocenters. The lowest BCUT2D eigenvalue weighted by Gasteiger charge is -2.12. The Morgan fingerprint density at radius 3 is 2.71 bits per heavy atom. The third kappa shape index (κ3) is 4.04. The lowest BCUT2D eigenvalue weighted by molar-refractivity contribution is 0.405. The van der Waals surface area contributed by atoms with E-state index < -0.39 is 0 Å². The molecule has 1 rings (SSSR count). The SMILES string of the molecule is Cc1cc(NCCCN(C)C)c(C#N)c(C)n1. The van der Waals surface area contributed by atoms with E-state index in [-0.39, 0.29) is 0 Å². The Morgan fingerprint density at radius 2 is 2.12 bits per heavy atom. The molecule has 0 radical (unpaired) electrons. The topological polar surface area (TPSA) is 52.0 Å². The maximum atomic E-state index is 9.10. The summed E-state index contributed by atoms with van der Waals surface area (Å²) in [5.41, 5.74) is 3.29. The molecule has 0 amide bonds. The van der Waals surface area contributed by atoms with Gasteiger partial charge in [-0.2, -0.15) is 5.26 Å². The molecule has 4 nitrogen and oxygen atoms in total. The van der Waals surface area contributed by atoms with E-state index in [1.165, 1.54) is 0 Å². The summed E-state index contributed by atoms with van der Waals surface area (Å²) in [6.07, 6.45) is 1.05. The zero-order valence-corrected chi connectivity index (χ0v) is 11.0. The number of anilines is 1. The second-order valence-electron chi connectivity index (χ2n) is 4.47. The minimum absolute atomic E-state index is 0.653. The summed E-state index contributed by atoms with van der Waals surface area (Å²) in [6, 6.07) is 4.14. The van der Waals surface area contributed by atoms with Gasteiger partial charge >= 0.3 is 0 Å². The van der Waals surface area contributed by atoms with Crippen LogP contribution in [0.15, 0.2) is 6.07 Å². The number of hydrogen-bond donors (Lipinski definition) is 1. The summed E-state index contributed by atoms with van der Waals surface area (Å²) >= 11 is 0. The van der Waals surface area contributed by atoms with Crippen molar-refractivity contribution in [1.82, 2.24) is 9.88 Å². The van der Waals surface area contributed by atoms with Crippen molar-refractivity contribution >= 4 is 5.69 Å². The van der Waals surface area contributed by atoms with Crippen LogP contribution in [0.25, 0.3) is 0 Å². The molecule has 1 N–H and O–H groups in total. The van der Waals surface area contributed by atoms with E-state index in [1.807, 2.05) is 19.9 Å². The molecular formula is C13H20N4. The van der Waals surface area contributed by atoms with Gasteiger partial charge in [0.05, 0.1) is 16.9 Å². The first kappa shape index (κ1) is 13.5. The Bertz CT molecular complexity index is 418. The molecule has 0 aliphatic rings. The van der Waals surface area contributed by atoms with E-state index in [9.17, 15) is 0 Å². The summed E-state index contributed by atoms with van der Waals surface area (Å²) in [7, 11) is 4.11. The number of aryl methyl sites for hydroxylation is 2. The number of nitriles is 1. The van der Waals surface area contributed by atoms with Crippen LogP contribution < -0.4 is 5.32 Å². The molecule has 0 bridgehead atoms. The average Bonchev–Trinajstić information content (AvgIpc) is 2.23. The van der Waals surface area contributed by atoms with Crippen LogP contribution in [-0.4, -0.2) is 37.1 Å². The molecule has 0 fully saturated rings. The molecule has 1 heterocycles. The summed E-state index contributed by atoms with van der Waals surface area (Å²) < 4.78 is 0. The maximum absolute atomic E-state index is 9.10. The minimum Gasteiger partial charge on any atom is -0.384 e. The van der Waals surface area contributed by atoms with Crippen LogP contribution in [0.5, 0.6) is 0 Å². The Labute approximate surface area is 103 Å². The highest BCUT2D eigenvalue weighted by atomic mass is 15.1. The van der Waals surface area contributed by atoms with E-state index in [0.29, 0.717) is 5.56 Å². The Hall–Kier alpha value is -1.60. The normalized spacial score (nSPS) is 10.4. The van der Waals surface area contributed by atoms with Crippen molar-refractivity contribution < 1.29 is 0 Å². The second-order valence-corrected chi connectivity index (χ2v) is 4.47. The number of rotatable bonds is 5. The monoisotopic (exact) mass is 232 g/mol. The van der Waals surface area contributed by atoms with Gasteiger partial charge < -0.3 is 10.2 Å². The van der Waals surface area contributed by atoms with Crippen LogP contribution in [0.2, 0.25) is 0 Å². The zero-order chi connectivity index (χ0) is 12.8. The first-order chi connectivity index (χ1) is 8.04. The summed E-state index contributed by atoms with van der Waals surface area (Å²) in [5.74, 6) is 0. The Morgan fingerprint density at radius 1 is 1.41 bits per heavy atom. The standard InChI is InChI=1S/C13H20N4/c1-10-8-13(12(9-14)11(2)16-10)15-6-5-7-17(3)4/h8H,5-7H2,1-4H3,(H,15,16). The highest BCUT2D eigenvalue weighted by Crippen LogP contribution is 2.18. The van der Waals surface area contributed by atoms with Crippen LogP contribution in [0.4, 0.5) is 5.69 Å². The summed E-state index contributed by atoms with van der Waals surface area (Å²) in [5, 5.41) is 12.4. The molecule has 0 aromatic carbocycles. The highest BCUT2D eigenvalue weighted by molar-refractivity contribution is 5.59. The molecule has 17 heavy (non-hydrogen) atoms. The van der Waals surface area contributed by atoms with Gasteiger partial charge in [0.25, 0.3) is 0 Å². The minimum atomic E-state index is 0.653. The molecule has 0 saturated carbocycles. The van der Waals surface area contributed by atoms with Gasteiger partial charge in [-0.15, -0.1) is 0 Å². The summed E-state index contributed by atoms with van der Waals surface area (Å²) in [4.78, 5) is 6.44. The quantitative estimate of drug-likeness (QED) is 0.788. The van der Waals surface area contributed by atoms with E-state index >= 15 is 0 Å². The third-order valence-corrected chi connectivity index (χ3v) is 2.54. The van der Waals surface area contributed by atoms with E-state index in [0.717, 1.165) is 36.6 Å². The Balaban J connectivity index is 2.67. The van der Waals surface area contributed by atoms with Gasteiger partial charge in [-0.1, -0.05) is 0 Å². The van der Waals surface area contributed by atoms with Crippen LogP contribution in [0.1, 0.15) is 23.4 Å². The number of aromatic nitrogens is 1. The first-order valence-corrected chi connectivity index (χ1v) is 5.81. The van der Waals surface area contributed by atoms with Gasteiger partial charge in [-0.25, -0.2) is 0 Å². The maximum Gasteiger partial charge on any atom is 0.103 e. The number of pyridine rings is 1. The number of nitrogens with zero attached hydrogens (tertiary/aromatic N) is 3. The zero-order valence-electron chi connectivity index (χ0n) is 11.0. The smallest absolute Gasteiger partial charge is 0.103 e. The molecule has 0 aliphatic carbocycles. The van der Waals surface area contributed by atoms with Crippen molar-refractivity contribution in [2.75, 3.05) is 32.5 Å². The van der Waals surface area contributed by atoms with Crippen molar-refractivity contribution in [1.29, 1.82) is 5.26 Å². The third-order valence-electron chi connectivity index (χ3n) is 2.54. The van der Waals surface area contributed by atoms with Crippen molar-refractivity contribution in [2.45, 2.75) is 20.3 Å². The molecule has 4 heteroatoms. The van der Waals surface area contributed by atoms with Gasteiger partial charge in [-0.05, 0) is 47.0 Å². The van der Waals surface area contributed by atoms with E-state index in [2.05, 4.69) is 35.4 Å². The lowest BCUT2D eigenvalue weighted by Crippen LogP contribution is -2.16. The van der Waals surface area contributed by atoms with Crippen LogP contribution in [0, 0.1) is 25.2 Å². The predicted molar refractivity (Wildman–Crippen MR) is 70.1 cm³/mol. The van der Waals surface area contributed by atoms with Gasteiger partial charge in [0.1, 0.15) is 6.07 Å². The van der Waals surface area contributed by atoms with Crippen molar-refractivity contribution in [3.63, 3.8) is 0 Å². The van der Waals surface area contributed by atoms with Gasteiger partial charge in [-0.3, -0.25) is 4.98 Å². The largest absolute Gasteiger partial charge is 0.384 e. The fraction of sp³-hybridized carbons (Fsp3) is 0.538. The molecule has 92 valence electrons. The fourth-order valence-electron chi connectivity index (χ4n) is 1.73. The highest BCUT2D eigenvalue weighted by Gasteiger charge is 2.07. The van der Waals surface area contributed by atoms with E-state index in [1.54, 1.807) is 0 Å². The fourth-order valence-corrected chi connectivity index (χ4v) is 1.73. The average molecular weight is 232 g/mol. The van der Waals surface area contributed by atoms with Crippen molar-refractivity contribution in [2.24, 2.45) is 0 Å². The van der Waals surface area contributed by atoms with Crippen LogP contribution in [-0.2, 0) is 0 Å². The molecule has 0 saturated heterocycles. The van der Waals surface area contributed by atoms with E-state index in [4.69, 9.17) is 5.26 Å². The summed E-state index contributed by atoms with van der Waals surface area (Å²) in [6.45, 7) is 5.73. The number of nitrogens with one attached hydrogen (secondary N) is 1. The second kappa shape index (κ2) is 6.21. The molecule has 0 spiro atoms. The molecule has 1 aromatic rings. The predicted octanol–water partition coefficient (Wildman–Crippen LogP) is 1.93. The molecule has 1 aromatic heterocycles.